The summed E-state index contributed by atoms with van der Waals surface area (Å²) in [5.74, 6) is -0.148. The SMILES string of the molecule is O=C(Nc1csc2c1CCCc1nn(C3CCCCO3)cc1-2)C1CCCN1C(=O)OCc1ccccc1. The van der Waals surface area contributed by atoms with E-state index in [0.29, 0.717) is 13.0 Å². The number of carbonyl (C=O) groups is 2. The minimum absolute atomic E-state index is 0.0123. The molecule has 1 aliphatic carbocycles. The van der Waals surface area contributed by atoms with Gasteiger partial charge in [-0.15, -0.1) is 11.3 Å². The van der Waals surface area contributed by atoms with Gasteiger partial charge in [0.1, 0.15) is 18.9 Å². The van der Waals surface area contributed by atoms with Crippen LogP contribution in [0.4, 0.5) is 10.5 Å². The Morgan fingerprint density at radius 2 is 2.00 bits per heavy atom. The second-order valence-corrected chi connectivity index (χ2v) is 10.9. The van der Waals surface area contributed by atoms with Gasteiger partial charge in [0.2, 0.25) is 5.91 Å². The summed E-state index contributed by atoms with van der Waals surface area (Å²) in [6, 6.07) is 9.07. The molecule has 2 amide bonds. The molecule has 3 aromatic rings. The Morgan fingerprint density at radius 3 is 2.84 bits per heavy atom. The Morgan fingerprint density at radius 1 is 1.11 bits per heavy atom. The molecule has 9 heteroatoms. The zero-order chi connectivity index (χ0) is 25.2. The van der Waals surface area contributed by atoms with Gasteiger partial charge in [-0.1, -0.05) is 30.3 Å². The van der Waals surface area contributed by atoms with E-state index in [4.69, 9.17) is 14.6 Å². The maximum atomic E-state index is 13.3. The Kier molecular flexibility index (Phi) is 6.97. The van der Waals surface area contributed by atoms with Crippen molar-refractivity contribution in [1.82, 2.24) is 14.7 Å². The number of thiophene rings is 1. The fourth-order valence-electron chi connectivity index (χ4n) is 5.55. The van der Waals surface area contributed by atoms with E-state index in [1.807, 2.05) is 40.4 Å². The van der Waals surface area contributed by atoms with E-state index < -0.39 is 12.1 Å². The highest BCUT2D eigenvalue weighted by atomic mass is 32.1. The average Bonchev–Trinajstić information content (AvgIpc) is 3.66. The topological polar surface area (TPSA) is 85.7 Å². The van der Waals surface area contributed by atoms with Crippen LogP contribution in [0.25, 0.3) is 10.4 Å². The van der Waals surface area contributed by atoms with E-state index in [0.717, 1.165) is 79.6 Å². The highest BCUT2D eigenvalue weighted by molar-refractivity contribution is 7.14. The van der Waals surface area contributed by atoms with Crippen molar-refractivity contribution in [2.75, 3.05) is 18.5 Å². The number of aromatic nitrogens is 2. The zero-order valence-corrected chi connectivity index (χ0v) is 21.7. The lowest BCUT2D eigenvalue weighted by Crippen LogP contribution is -2.43. The molecule has 8 nitrogen and oxygen atoms in total. The second-order valence-electron chi connectivity index (χ2n) is 9.98. The van der Waals surface area contributed by atoms with Gasteiger partial charge in [0.15, 0.2) is 0 Å². The third-order valence-electron chi connectivity index (χ3n) is 7.49. The maximum Gasteiger partial charge on any atom is 0.410 e. The maximum absolute atomic E-state index is 13.3. The average molecular weight is 521 g/mol. The number of ether oxygens (including phenoxy) is 2. The minimum atomic E-state index is -0.522. The first kappa shape index (κ1) is 24.2. The summed E-state index contributed by atoms with van der Waals surface area (Å²) in [5.41, 5.74) is 5.20. The summed E-state index contributed by atoms with van der Waals surface area (Å²) in [4.78, 5) is 28.9. The number of amides is 2. The lowest BCUT2D eigenvalue weighted by molar-refractivity contribution is -0.120. The summed E-state index contributed by atoms with van der Waals surface area (Å²) in [6.07, 6.45) is 9.15. The van der Waals surface area contributed by atoms with Crippen LogP contribution in [-0.4, -0.2) is 45.9 Å². The van der Waals surface area contributed by atoms with Crippen molar-refractivity contribution < 1.29 is 19.1 Å². The van der Waals surface area contributed by atoms with Crippen LogP contribution in [-0.2, 0) is 33.7 Å². The van der Waals surface area contributed by atoms with Gasteiger partial charge in [0.05, 0.1) is 11.4 Å². The van der Waals surface area contributed by atoms with Crippen molar-refractivity contribution in [3.05, 3.63) is 58.7 Å². The number of aryl methyl sites for hydroxylation is 1. The van der Waals surface area contributed by atoms with E-state index in [1.165, 1.54) is 4.88 Å². The highest BCUT2D eigenvalue weighted by Gasteiger charge is 2.36. The molecule has 2 unspecified atom stereocenters. The number of rotatable bonds is 5. The molecule has 6 rings (SSSR count). The van der Waals surface area contributed by atoms with Crippen LogP contribution in [0.1, 0.15) is 61.6 Å². The standard InChI is InChI=1S/C28H32N4O4S/c33-27(24-12-7-14-31(24)28(34)36-17-19-8-2-1-3-9-19)29-23-18-37-26-20(23)10-6-11-22-21(26)16-32(30-22)25-13-4-5-15-35-25/h1-3,8-9,16,18,24-25H,4-7,10-15,17H2,(H,29,33). The predicted molar refractivity (Wildman–Crippen MR) is 141 cm³/mol. The molecule has 4 heterocycles. The van der Waals surface area contributed by atoms with Crippen LogP contribution >= 0.6 is 11.3 Å². The molecule has 0 bridgehead atoms. The first-order chi connectivity index (χ1) is 18.2. The molecule has 0 saturated carbocycles. The summed E-state index contributed by atoms with van der Waals surface area (Å²) >= 11 is 1.65. The predicted octanol–water partition coefficient (Wildman–Crippen LogP) is 5.54. The van der Waals surface area contributed by atoms with Crippen molar-refractivity contribution in [2.24, 2.45) is 0 Å². The molecule has 1 N–H and O–H groups in total. The number of hydrogen-bond donors (Lipinski definition) is 1. The van der Waals surface area contributed by atoms with Crippen molar-refractivity contribution >= 4 is 29.0 Å². The number of likely N-dealkylation sites (tertiary alicyclic amines) is 1. The fourth-order valence-corrected chi connectivity index (χ4v) is 6.64. The van der Waals surface area contributed by atoms with Crippen LogP contribution in [0.15, 0.2) is 41.9 Å². The molecule has 2 fully saturated rings. The van der Waals surface area contributed by atoms with Gasteiger partial charge in [-0.05, 0) is 62.5 Å². The van der Waals surface area contributed by atoms with Gasteiger partial charge in [-0.3, -0.25) is 9.69 Å². The van der Waals surface area contributed by atoms with E-state index in [2.05, 4.69) is 11.5 Å². The van der Waals surface area contributed by atoms with Gasteiger partial charge in [0, 0.05) is 35.2 Å². The third kappa shape index (κ3) is 5.02. The first-order valence-electron chi connectivity index (χ1n) is 13.3. The van der Waals surface area contributed by atoms with Crippen LogP contribution in [0.5, 0.6) is 0 Å². The molecule has 1 aromatic carbocycles. The van der Waals surface area contributed by atoms with E-state index >= 15 is 0 Å². The Bertz CT molecular complexity index is 1260. The van der Waals surface area contributed by atoms with Crippen LogP contribution in [0.3, 0.4) is 0 Å². The number of benzene rings is 1. The van der Waals surface area contributed by atoms with E-state index in [9.17, 15) is 9.59 Å². The van der Waals surface area contributed by atoms with Crippen LogP contribution in [0, 0.1) is 0 Å². The molecular formula is C28H32N4O4S. The van der Waals surface area contributed by atoms with Crippen molar-refractivity contribution in [1.29, 1.82) is 0 Å². The molecule has 37 heavy (non-hydrogen) atoms. The van der Waals surface area contributed by atoms with E-state index in [1.54, 1.807) is 16.2 Å². The Hall–Kier alpha value is -3.17. The second kappa shape index (κ2) is 10.7. The van der Waals surface area contributed by atoms with Gasteiger partial charge in [-0.2, -0.15) is 5.10 Å². The summed E-state index contributed by atoms with van der Waals surface area (Å²) in [6.45, 7) is 1.51. The molecule has 0 spiro atoms. The minimum Gasteiger partial charge on any atom is -0.445 e. The lowest BCUT2D eigenvalue weighted by Gasteiger charge is -2.23. The zero-order valence-electron chi connectivity index (χ0n) is 20.9. The fraction of sp³-hybridized carbons (Fsp3) is 0.464. The summed E-state index contributed by atoms with van der Waals surface area (Å²) < 4.78 is 13.5. The smallest absolute Gasteiger partial charge is 0.410 e. The number of nitrogens with zero attached hydrogens (tertiary/aromatic N) is 3. The summed E-state index contributed by atoms with van der Waals surface area (Å²) in [5, 5.41) is 10.1. The molecule has 2 atom stereocenters. The number of hydrogen-bond acceptors (Lipinski definition) is 6. The third-order valence-corrected chi connectivity index (χ3v) is 8.55. The molecule has 3 aliphatic rings. The Balaban J connectivity index is 1.15. The van der Waals surface area contributed by atoms with Crippen LogP contribution in [0.2, 0.25) is 0 Å². The monoisotopic (exact) mass is 520 g/mol. The molecule has 2 saturated heterocycles. The van der Waals surface area contributed by atoms with Crippen molar-refractivity contribution in [2.45, 2.75) is 70.2 Å². The number of carbonyl (C=O) groups excluding carboxylic acids is 2. The molecule has 2 aliphatic heterocycles. The normalized spacial score (nSPS) is 21.1. The van der Waals surface area contributed by atoms with Crippen LogP contribution < -0.4 is 5.32 Å². The molecule has 0 radical (unpaired) electrons. The van der Waals surface area contributed by atoms with Gasteiger partial charge >= 0.3 is 6.09 Å². The van der Waals surface area contributed by atoms with Gasteiger partial charge in [0.25, 0.3) is 0 Å². The largest absolute Gasteiger partial charge is 0.445 e. The highest BCUT2D eigenvalue weighted by Crippen LogP contribution is 2.42. The van der Waals surface area contributed by atoms with E-state index in [-0.39, 0.29) is 18.7 Å². The Labute approximate surface area is 220 Å². The first-order valence-corrected chi connectivity index (χ1v) is 14.1. The van der Waals surface area contributed by atoms with Crippen molar-refractivity contribution in [3.8, 4) is 10.4 Å². The quantitative estimate of drug-likeness (QED) is 0.478. The molecule has 194 valence electrons. The summed E-state index contributed by atoms with van der Waals surface area (Å²) in [7, 11) is 0. The number of nitrogens with one attached hydrogen (secondary N) is 1. The molecule has 2 aromatic heterocycles. The van der Waals surface area contributed by atoms with Gasteiger partial charge < -0.3 is 14.8 Å². The lowest BCUT2D eigenvalue weighted by atomic mass is 10.1. The number of anilines is 1. The number of fused-ring (bicyclic) bond motifs is 3. The van der Waals surface area contributed by atoms with Gasteiger partial charge in [-0.25, -0.2) is 9.48 Å². The van der Waals surface area contributed by atoms with Crippen molar-refractivity contribution in [3.63, 3.8) is 0 Å². The molecular weight excluding hydrogens is 488 g/mol.